The summed E-state index contributed by atoms with van der Waals surface area (Å²) in [5.74, 6) is 0. The quantitative estimate of drug-likeness (QED) is 0.687. The largest absolute Gasteiger partial charge is 0.389 e. The van der Waals surface area contributed by atoms with E-state index in [4.69, 9.17) is 10.5 Å². The SMILES string of the molecule is CCC(O)(CC)C1(CN)CCOC1. The Labute approximate surface area is 80.3 Å². The third kappa shape index (κ3) is 1.60. The molecule has 1 aliphatic rings. The lowest BCUT2D eigenvalue weighted by Crippen LogP contribution is -2.52. The second kappa shape index (κ2) is 3.95. The molecule has 1 fully saturated rings. The summed E-state index contributed by atoms with van der Waals surface area (Å²) in [7, 11) is 0. The van der Waals surface area contributed by atoms with E-state index in [0.717, 1.165) is 25.9 Å². The van der Waals surface area contributed by atoms with Crippen LogP contribution in [0.1, 0.15) is 33.1 Å². The standard InChI is InChI=1S/C10H21NO2/c1-3-10(12,4-2)9(7-11)5-6-13-8-9/h12H,3-8,11H2,1-2H3. The van der Waals surface area contributed by atoms with Crippen molar-refractivity contribution in [2.45, 2.75) is 38.7 Å². The van der Waals surface area contributed by atoms with Gasteiger partial charge in [-0.3, -0.25) is 0 Å². The number of hydrogen-bond acceptors (Lipinski definition) is 3. The molecule has 13 heavy (non-hydrogen) atoms. The zero-order valence-electron chi connectivity index (χ0n) is 8.68. The number of ether oxygens (including phenoxy) is 1. The van der Waals surface area contributed by atoms with Crippen LogP contribution in [0.3, 0.4) is 0 Å². The van der Waals surface area contributed by atoms with Gasteiger partial charge in [0.1, 0.15) is 0 Å². The molecule has 0 radical (unpaired) electrons. The molecule has 1 saturated heterocycles. The molecule has 3 N–H and O–H groups in total. The number of hydrogen-bond donors (Lipinski definition) is 2. The molecule has 1 heterocycles. The lowest BCUT2D eigenvalue weighted by Gasteiger charge is -2.42. The van der Waals surface area contributed by atoms with Crippen LogP contribution >= 0.6 is 0 Å². The Morgan fingerprint density at radius 1 is 1.46 bits per heavy atom. The minimum Gasteiger partial charge on any atom is -0.389 e. The third-order valence-corrected chi connectivity index (χ3v) is 3.65. The van der Waals surface area contributed by atoms with Crippen molar-refractivity contribution in [2.75, 3.05) is 19.8 Å². The van der Waals surface area contributed by atoms with Crippen LogP contribution in [0.25, 0.3) is 0 Å². The highest BCUT2D eigenvalue weighted by Crippen LogP contribution is 2.42. The van der Waals surface area contributed by atoms with Crippen molar-refractivity contribution in [2.24, 2.45) is 11.1 Å². The van der Waals surface area contributed by atoms with Crippen LogP contribution in [0.2, 0.25) is 0 Å². The van der Waals surface area contributed by atoms with Crippen LogP contribution in [-0.4, -0.2) is 30.5 Å². The number of nitrogens with two attached hydrogens (primary N) is 1. The second-order valence-corrected chi connectivity index (χ2v) is 4.03. The molecule has 0 aromatic carbocycles. The van der Waals surface area contributed by atoms with Gasteiger partial charge in [0, 0.05) is 18.6 Å². The molecule has 3 heteroatoms. The maximum atomic E-state index is 10.4. The molecular formula is C10H21NO2. The molecule has 1 unspecified atom stereocenters. The van der Waals surface area contributed by atoms with Gasteiger partial charge in [-0.1, -0.05) is 13.8 Å². The van der Waals surface area contributed by atoms with Crippen molar-refractivity contribution in [3.63, 3.8) is 0 Å². The minimum atomic E-state index is -0.641. The lowest BCUT2D eigenvalue weighted by atomic mass is 9.68. The highest BCUT2D eigenvalue weighted by molar-refractivity contribution is 5.00. The van der Waals surface area contributed by atoms with Gasteiger partial charge >= 0.3 is 0 Å². The third-order valence-electron chi connectivity index (χ3n) is 3.65. The van der Waals surface area contributed by atoms with Gasteiger partial charge in [0.05, 0.1) is 12.2 Å². The summed E-state index contributed by atoms with van der Waals surface area (Å²) in [5, 5.41) is 10.4. The Morgan fingerprint density at radius 2 is 2.08 bits per heavy atom. The fourth-order valence-electron chi connectivity index (χ4n) is 2.33. The Bertz CT molecular complexity index is 160. The zero-order valence-corrected chi connectivity index (χ0v) is 8.68. The van der Waals surface area contributed by atoms with Gasteiger partial charge in [0.15, 0.2) is 0 Å². The summed E-state index contributed by atoms with van der Waals surface area (Å²) in [6.45, 7) is 5.89. The molecular weight excluding hydrogens is 166 g/mol. The Kier molecular flexibility index (Phi) is 3.33. The van der Waals surface area contributed by atoms with E-state index in [1.54, 1.807) is 0 Å². The predicted octanol–water partition coefficient (Wildman–Crippen LogP) is 0.903. The maximum absolute atomic E-state index is 10.4. The van der Waals surface area contributed by atoms with Gasteiger partial charge in [0.25, 0.3) is 0 Å². The van der Waals surface area contributed by atoms with Crippen molar-refractivity contribution >= 4 is 0 Å². The van der Waals surface area contributed by atoms with Crippen LogP contribution in [0.5, 0.6) is 0 Å². The van der Waals surface area contributed by atoms with Gasteiger partial charge < -0.3 is 15.6 Å². The van der Waals surface area contributed by atoms with E-state index in [1.165, 1.54) is 0 Å². The van der Waals surface area contributed by atoms with E-state index in [2.05, 4.69) is 0 Å². The van der Waals surface area contributed by atoms with Crippen molar-refractivity contribution in [3.05, 3.63) is 0 Å². The molecule has 0 amide bonds. The maximum Gasteiger partial charge on any atom is 0.0733 e. The number of rotatable bonds is 4. The second-order valence-electron chi connectivity index (χ2n) is 4.03. The first-order chi connectivity index (χ1) is 6.14. The first kappa shape index (κ1) is 11.0. The van der Waals surface area contributed by atoms with Crippen LogP contribution in [0, 0.1) is 5.41 Å². The molecule has 0 spiro atoms. The monoisotopic (exact) mass is 187 g/mol. The molecule has 0 aromatic rings. The van der Waals surface area contributed by atoms with Gasteiger partial charge in [-0.15, -0.1) is 0 Å². The van der Waals surface area contributed by atoms with Crippen molar-refractivity contribution in [1.82, 2.24) is 0 Å². The summed E-state index contributed by atoms with van der Waals surface area (Å²) in [4.78, 5) is 0. The van der Waals surface area contributed by atoms with Crippen molar-refractivity contribution in [3.8, 4) is 0 Å². The van der Waals surface area contributed by atoms with Crippen LogP contribution < -0.4 is 5.73 Å². The van der Waals surface area contributed by atoms with E-state index in [-0.39, 0.29) is 5.41 Å². The Hall–Kier alpha value is -0.120. The molecule has 1 aliphatic heterocycles. The van der Waals surface area contributed by atoms with Crippen LogP contribution in [0.15, 0.2) is 0 Å². The molecule has 78 valence electrons. The molecule has 1 atom stereocenters. The van der Waals surface area contributed by atoms with Crippen molar-refractivity contribution < 1.29 is 9.84 Å². The first-order valence-electron chi connectivity index (χ1n) is 5.14. The van der Waals surface area contributed by atoms with Gasteiger partial charge in [-0.25, -0.2) is 0 Å². The van der Waals surface area contributed by atoms with E-state index in [0.29, 0.717) is 13.2 Å². The fourth-order valence-corrected chi connectivity index (χ4v) is 2.33. The summed E-state index contributed by atoms with van der Waals surface area (Å²) in [6, 6.07) is 0. The van der Waals surface area contributed by atoms with Gasteiger partial charge in [-0.05, 0) is 19.3 Å². The van der Waals surface area contributed by atoms with E-state index < -0.39 is 5.60 Å². The lowest BCUT2D eigenvalue weighted by molar-refractivity contribution is -0.0884. The van der Waals surface area contributed by atoms with E-state index in [1.807, 2.05) is 13.8 Å². The molecule has 0 bridgehead atoms. The van der Waals surface area contributed by atoms with Gasteiger partial charge in [-0.2, -0.15) is 0 Å². The number of aliphatic hydroxyl groups is 1. The normalized spacial score (nSPS) is 29.5. The van der Waals surface area contributed by atoms with Crippen LogP contribution in [-0.2, 0) is 4.74 Å². The summed E-state index contributed by atoms with van der Waals surface area (Å²) >= 11 is 0. The first-order valence-corrected chi connectivity index (χ1v) is 5.14. The fraction of sp³-hybridized carbons (Fsp3) is 1.00. The Balaban J connectivity index is 2.84. The zero-order chi connectivity index (χ0) is 9.95. The summed E-state index contributed by atoms with van der Waals surface area (Å²) in [6.07, 6.45) is 2.40. The molecule has 0 aromatic heterocycles. The Morgan fingerprint density at radius 3 is 2.38 bits per heavy atom. The smallest absolute Gasteiger partial charge is 0.0733 e. The highest BCUT2D eigenvalue weighted by Gasteiger charge is 2.49. The van der Waals surface area contributed by atoms with Crippen LogP contribution in [0.4, 0.5) is 0 Å². The summed E-state index contributed by atoms with van der Waals surface area (Å²) < 4.78 is 5.36. The molecule has 0 aliphatic carbocycles. The molecule has 0 saturated carbocycles. The highest BCUT2D eigenvalue weighted by atomic mass is 16.5. The predicted molar refractivity (Wildman–Crippen MR) is 52.5 cm³/mol. The molecule has 1 rings (SSSR count). The summed E-state index contributed by atoms with van der Waals surface area (Å²) in [5.41, 5.74) is 4.93. The molecule has 3 nitrogen and oxygen atoms in total. The average molecular weight is 187 g/mol. The van der Waals surface area contributed by atoms with Crippen molar-refractivity contribution in [1.29, 1.82) is 0 Å². The van der Waals surface area contributed by atoms with Gasteiger partial charge in [0.2, 0.25) is 0 Å². The van der Waals surface area contributed by atoms with E-state index in [9.17, 15) is 5.11 Å². The average Bonchev–Trinajstić information content (AvgIpc) is 2.66. The van der Waals surface area contributed by atoms with E-state index >= 15 is 0 Å². The topological polar surface area (TPSA) is 55.5 Å². The minimum absolute atomic E-state index is 0.198.